The van der Waals surface area contributed by atoms with Crippen LogP contribution in [0.3, 0.4) is 0 Å². The Balaban J connectivity index is 2.03. The van der Waals surface area contributed by atoms with Crippen LogP contribution >= 0.6 is 15.9 Å². The van der Waals surface area contributed by atoms with Crippen molar-refractivity contribution in [3.8, 4) is 0 Å². The molecule has 0 saturated heterocycles. The molecule has 1 radical (unpaired) electrons. The quantitative estimate of drug-likeness (QED) is 0.918. The minimum atomic E-state index is -0.289. The van der Waals surface area contributed by atoms with Crippen LogP contribution in [0.1, 0.15) is 21.5 Å². The summed E-state index contributed by atoms with van der Waals surface area (Å²) in [6.45, 7) is 4.18. The molecule has 2 nitrogen and oxygen atoms in total. The highest BCUT2D eigenvalue weighted by Gasteiger charge is 2.08. The van der Waals surface area contributed by atoms with E-state index in [2.05, 4.69) is 28.2 Å². The molecular weight excluding hydrogens is 309 g/mol. The Morgan fingerprint density at radius 1 is 1.21 bits per heavy atom. The van der Waals surface area contributed by atoms with Crippen LogP contribution in [0.15, 0.2) is 46.9 Å². The maximum absolute atomic E-state index is 12.7. The third-order valence-corrected chi connectivity index (χ3v) is 3.17. The number of benzene rings is 2. The molecule has 0 fully saturated rings. The van der Waals surface area contributed by atoms with E-state index in [0.717, 1.165) is 10.0 Å². The van der Waals surface area contributed by atoms with Crippen molar-refractivity contribution >= 4 is 21.8 Å². The fraction of sp³-hybridized carbons (Fsp3) is 0.0667. The zero-order chi connectivity index (χ0) is 13.8. The van der Waals surface area contributed by atoms with Gasteiger partial charge >= 0.3 is 0 Å². The van der Waals surface area contributed by atoms with Crippen LogP contribution in [-0.2, 0) is 6.54 Å². The summed E-state index contributed by atoms with van der Waals surface area (Å²) in [4.78, 5) is 12.0. The van der Waals surface area contributed by atoms with Gasteiger partial charge in [0.1, 0.15) is 5.82 Å². The van der Waals surface area contributed by atoms with Crippen LogP contribution < -0.4 is 5.32 Å². The Hall–Kier alpha value is -1.68. The molecule has 0 aliphatic carbocycles. The summed E-state index contributed by atoms with van der Waals surface area (Å²) in [6.07, 6.45) is 0. The van der Waals surface area contributed by atoms with Crippen molar-refractivity contribution in [1.29, 1.82) is 0 Å². The highest BCUT2D eigenvalue weighted by Crippen LogP contribution is 2.15. The van der Waals surface area contributed by atoms with Gasteiger partial charge in [-0.2, -0.15) is 0 Å². The number of halogens is 2. The van der Waals surface area contributed by atoms with E-state index in [0.29, 0.717) is 17.7 Å². The van der Waals surface area contributed by atoms with E-state index in [1.165, 1.54) is 12.1 Å². The Labute approximate surface area is 119 Å². The third kappa shape index (κ3) is 3.64. The predicted molar refractivity (Wildman–Crippen MR) is 76.2 cm³/mol. The van der Waals surface area contributed by atoms with E-state index in [1.54, 1.807) is 30.3 Å². The van der Waals surface area contributed by atoms with Crippen molar-refractivity contribution in [3.63, 3.8) is 0 Å². The molecule has 0 aliphatic rings. The molecule has 0 unspecified atom stereocenters. The first kappa shape index (κ1) is 13.7. The van der Waals surface area contributed by atoms with Crippen molar-refractivity contribution in [2.75, 3.05) is 0 Å². The Morgan fingerprint density at radius 2 is 1.89 bits per heavy atom. The maximum Gasteiger partial charge on any atom is 0.251 e. The van der Waals surface area contributed by atoms with Gasteiger partial charge in [-0.3, -0.25) is 4.79 Å². The van der Waals surface area contributed by atoms with Crippen LogP contribution in [-0.4, -0.2) is 5.91 Å². The lowest BCUT2D eigenvalue weighted by Crippen LogP contribution is -2.23. The molecule has 0 atom stereocenters. The smallest absolute Gasteiger partial charge is 0.251 e. The zero-order valence-corrected chi connectivity index (χ0v) is 11.7. The highest BCUT2D eigenvalue weighted by atomic mass is 79.9. The van der Waals surface area contributed by atoms with Gasteiger partial charge in [0.25, 0.3) is 5.91 Å². The third-order valence-electron chi connectivity index (χ3n) is 2.68. The van der Waals surface area contributed by atoms with Crippen LogP contribution in [0, 0.1) is 12.7 Å². The molecule has 2 rings (SSSR count). The molecule has 0 spiro atoms. The summed E-state index contributed by atoms with van der Waals surface area (Å²) in [5, 5.41) is 2.78. The van der Waals surface area contributed by atoms with Gasteiger partial charge in [0, 0.05) is 16.6 Å². The van der Waals surface area contributed by atoms with E-state index in [4.69, 9.17) is 0 Å². The van der Waals surface area contributed by atoms with E-state index >= 15 is 0 Å². The molecule has 97 valence electrons. The first-order valence-electron chi connectivity index (χ1n) is 5.70. The van der Waals surface area contributed by atoms with E-state index < -0.39 is 0 Å². The first-order valence-corrected chi connectivity index (χ1v) is 6.50. The fourth-order valence-corrected chi connectivity index (χ4v) is 2.07. The molecule has 4 heteroatoms. The zero-order valence-electron chi connectivity index (χ0n) is 10.1. The standard InChI is InChI=1S/C15H12BrFNO/c1-10-8-12(16)4-7-14(10)15(19)18-9-11-2-5-13(17)6-3-11/h2-8H,1,9H2,(H,18,19). The van der Waals surface area contributed by atoms with Crippen molar-refractivity contribution in [2.24, 2.45) is 0 Å². The summed E-state index contributed by atoms with van der Waals surface area (Å²) in [7, 11) is 0. The second-order valence-electron chi connectivity index (χ2n) is 4.11. The van der Waals surface area contributed by atoms with Crippen molar-refractivity contribution in [2.45, 2.75) is 6.54 Å². The van der Waals surface area contributed by atoms with Crippen molar-refractivity contribution in [3.05, 3.63) is 76.4 Å². The molecule has 2 aromatic carbocycles. The molecule has 0 aliphatic heterocycles. The maximum atomic E-state index is 12.7. The molecular formula is C15H12BrFNO. The molecule has 2 aromatic rings. The molecule has 0 aromatic heterocycles. The van der Waals surface area contributed by atoms with Crippen molar-refractivity contribution < 1.29 is 9.18 Å². The van der Waals surface area contributed by atoms with Crippen LogP contribution in [0.2, 0.25) is 0 Å². The summed E-state index contributed by atoms with van der Waals surface area (Å²) < 4.78 is 13.6. The Bertz CT molecular complexity index is 596. The minimum Gasteiger partial charge on any atom is -0.348 e. The summed E-state index contributed by atoms with van der Waals surface area (Å²) in [5.74, 6) is -0.482. The first-order chi connectivity index (χ1) is 9.06. The number of nitrogens with one attached hydrogen (secondary N) is 1. The SMILES string of the molecule is [CH2]c1cc(Br)ccc1C(=O)NCc1ccc(F)cc1. The van der Waals surface area contributed by atoms with Gasteiger partial charge in [0.2, 0.25) is 0 Å². The molecule has 1 amide bonds. The summed E-state index contributed by atoms with van der Waals surface area (Å²) in [6, 6.07) is 11.3. The number of rotatable bonds is 3. The van der Waals surface area contributed by atoms with Crippen LogP contribution in [0.25, 0.3) is 0 Å². The number of hydrogen-bond donors (Lipinski definition) is 1. The molecule has 19 heavy (non-hydrogen) atoms. The molecule has 1 N–H and O–H groups in total. The monoisotopic (exact) mass is 320 g/mol. The van der Waals surface area contributed by atoms with Gasteiger partial charge in [0.05, 0.1) is 0 Å². The van der Waals surface area contributed by atoms with Gasteiger partial charge in [-0.25, -0.2) is 4.39 Å². The van der Waals surface area contributed by atoms with E-state index in [9.17, 15) is 9.18 Å². The van der Waals surface area contributed by atoms with Gasteiger partial charge in [-0.05, 0) is 48.4 Å². The van der Waals surface area contributed by atoms with Crippen molar-refractivity contribution in [1.82, 2.24) is 5.32 Å². The number of amides is 1. The summed E-state index contributed by atoms with van der Waals surface area (Å²) in [5.41, 5.74) is 2.04. The molecule has 0 saturated carbocycles. The highest BCUT2D eigenvalue weighted by molar-refractivity contribution is 9.10. The molecule has 0 bridgehead atoms. The van der Waals surface area contributed by atoms with Gasteiger partial charge in [0.15, 0.2) is 0 Å². The van der Waals surface area contributed by atoms with E-state index in [-0.39, 0.29) is 11.7 Å². The van der Waals surface area contributed by atoms with Crippen LogP contribution in [0.4, 0.5) is 4.39 Å². The van der Waals surface area contributed by atoms with E-state index in [1.807, 2.05) is 0 Å². The van der Waals surface area contributed by atoms with Gasteiger partial charge in [-0.15, -0.1) is 0 Å². The lowest BCUT2D eigenvalue weighted by molar-refractivity contribution is 0.0950. The second kappa shape index (κ2) is 5.97. The number of hydrogen-bond acceptors (Lipinski definition) is 1. The lowest BCUT2D eigenvalue weighted by Gasteiger charge is -2.08. The Morgan fingerprint density at radius 3 is 2.53 bits per heavy atom. The number of carbonyl (C=O) groups excluding carboxylic acids is 1. The normalized spacial score (nSPS) is 10.3. The van der Waals surface area contributed by atoms with Gasteiger partial charge < -0.3 is 5.32 Å². The van der Waals surface area contributed by atoms with Gasteiger partial charge in [-0.1, -0.05) is 28.1 Å². The predicted octanol–water partition coefficient (Wildman–Crippen LogP) is 3.70. The summed E-state index contributed by atoms with van der Waals surface area (Å²) >= 11 is 3.32. The lowest BCUT2D eigenvalue weighted by atomic mass is 10.1. The average molecular weight is 321 g/mol. The minimum absolute atomic E-state index is 0.193. The fourth-order valence-electron chi connectivity index (χ4n) is 1.66. The number of carbonyl (C=O) groups is 1. The largest absolute Gasteiger partial charge is 0.348 e. The topological polar surface area (TPSA) is 29.1 Å². The average Bonchev–Trinajstić information content (AvgIpc) is 2.37. The molecule has 0 heterocycles. The second-order valence-corrected chi connectivity index (χ2v) is 5.03. The van der Waals surface area contributed by atoms with Crippen LogP contribution in [0.5, 0.6) is 0 Å². The Kier molecular flexibility index (Phi) is 4.32.